The molecule has 2 aromatic heterocycles. The number of hydrogen-bond donors (Lipinski definition) is 3. The highest BCUT2D eigenvalue weighted by atomic mass is 32.1. The predicted octanol–water partition coefficient (Wildman–Crippen LogP) is 1.84. The van der Waals surface area contributed by atoms with Crippen LogP contribution in [0.5, 0.6) is 0 Å². The molecule has 6 nitrogen and oxygen atoms in total. The Morgan fingerprint density at radius 2 is 2.24 bits per heavy atom. The number of rotatable bonds is 4. The molecular weight excluding hydrogens is 286 g/mol. The molecule has 4 N–H and O–H groups in total. The molecule has 1 unspecified atom stereocenters. The van der Waals surface area contributed by atoms with Gasteiger partial charge in [-0.15, -0.1) is 10.2 Å². The van der Waals surface area contributed by atoms with Crippen LogP contribution in [0.2, 0.25) is 0 Å². The molecule has 0 saturated carbocycles. The summed E-state index contributed by atoms with van der Waals surface area (Å²) in [6.45, 7) is 1.83. The van der Waals surface area contributed by atoms with Gasteiger partial charge in [0, 0.05) is 17.1 Å². The van der Waals surface area contributed by atoms with Crippen LogP contribution in [0.25, 0.3) is 10.9 Å². The standard InChI is InChI=1S/C14H15N5OS/c1-8-18-19-14(21-8)17-13(20)11(15)6-9-7-16-12-5-3-2-4-10(9)12/h2-5,7,11,16H,6,15H2,1H3,(H,17,19,20). The lowest BCUT2D eigenvalue weighted by molar-refractivity contribution is -0.117. The molecule has 1 aromatic carbocycles. The van der Waals surface area contributed by atoms with Crippen LogP contribution in [-0.2, 0) is 11.2 Å². The Bertz CT molecular complexity index is 778. The van der Waals surface area contributed by atoms with E-state index in [-0.39, 0.29) is 5.91 Å². The molecular formula is C14H15N5OS. The van der Waals surface area contributed by atoms with Gasteiger partial charge in [0.2, 0.25) is 11.0 Å². The second-order valence-electron chi connectivity index (χ2n) is 4.79. The summed E-state index contributed by atoms with van der Waals surface area (Å²) in [6, 6.07) is 7.31. The van der Waals surface area contributed by atoms with Crippen molar-refractivity contribution in [2.75, 3.05) is 5.32 Å². The number of H-pyrrole nitrogens is 1. The average molecular weight is 301 g/mol. The normalized spacial score (nSPS) is 12.5. The van der Waals surface area contributed by atoms with Crippen LogP contribution >= 0.6 is 11.3 Å². The third-order valence-corrected chi connectivity index (χ3v) is 3.96. The topological polar surface area (TPSA) is 96.7 Å². The molecule has 0 aliphatic heterocycles. The van der Waals surface area contributed by atoms with Crippen molar-refractivity contribution in [3.05, 3.63) is 41.0 Å². The van der Waals surface area contributed by atoms with Gasteiger partial charge in [-0.1, -0.05) is 29.5 Å². The minimum absolute atomic E-state index is 0.253. The Kier molecular flexibility index (Phi) is 3.68. The van der Waals surface area contributed by atoms with E-state index in [1.165, 1.54) is 11.3 Å². The molecule has 1 amide bonds. The van der Waals surface area contributed by atoms with Crippen LogP contribution < -0.4 is 11.1 Å². The fraction of sp³-hybridized carbons (Fsp3) is 0.214. The maximum atomic E-state index is 12.1. The van der Waals surface area contributed by atoms with Gasteiger partial charge in [-0.2, -0.15) is 0 Å². The number of para-hydroxylation sites is 1. The Labute approximate surface area is 125 Å². The first kappa shape index (κ1) is 13.7. The van der Waals surface area contributed by atoms with Gasteiger partial charge in [-0.3, -0.25) is 10.1 Å². The van der Waals surface area contributed by atoms with E-state index in [0.717, 1.165) is 21.5 Å². The zero-order valence-corrected chi connectivity index (χ0v) is 12.3. The first-order valence-electron chi connectivity index (χ1n) is 6.55. The highest BCUT2D eigenvalue weighted by Gasteiger charge is 2.17. The third kappa shape index (κ3) is 2.93. The summed E-state index contributed by atoms with van der Waals surface area (Å²) in [5, 5.41) is 12.8. The molecule has 0 saturated heterocycles. The number of aryl methyl sites for hydroxylation is 1. The molecule has 3 aromatic rings. The summed E-state index contributed by atoms with van der Waals surface area (Å²) in [6.07, 6.45) is 2.36. The van der Waals surface area contributed by atoms with Gasteiger partial charge in [-0.25, -0.2) is 0 Å². The number of fused-ring (bicyclic) bond motifs is 1. The van der Waals surface area contributed by atoms with E-state index in [9.17, 15) is 4.79 Å². The third-order valence-electron chi connectivity index (χ3n) is 3.21. The second-order valence-corrected chi connectivity index (χ2v) is 5.97. The van der Waals surface area contributed by atoms with Crippen molar-refractivity contribution in [3.8, 4) is 0 Å². The zero-order valence-electron chi connectivity index (χ0n) is 11.5. The number of amides is 1. The van der Waals surface area contributed by atoms with E-state index in [1.807, 2.05) is 37.4 Å². The smallest absolute Gasteiger partial charge is 0.243 e. The molecule has 0 aliphatic rings. The molecule has 108 valence electrons. The highest BCUT2D eigenvalue weighted by Crippen LogP contribution is 2.19. The van der Waals surface area contributed by atoms with Crippen molar-refractivity contribution in [1.29, 1.82) is 0 Å². The number of nitrogens with two attached hydrogens (primary N) is 1. The summed E-state index contributed by atoms with van der Waals surface area (Å²) < 4.78 is 0. The number of carbonyl (C=O) groups excluding carboxylic acids is 1. The van der Waals surface area contributed by atoms with Gasteiger partial charge in [0.25, 0.3) is 0 Å². The molecule has 0 spiro atoms. The SMILES string of the molecule is Cc1nnc(NC(=O)C(N)Cc2c[nH]c3ccccc23)s1. The van der Waals surface area contributed by atoms with Crippen LogP contribution in [0, 0.1) is 6.92 Å². The number of nitrogens with one attached hydrogen (secondary N) is 2. The van der Waals surface area contributed by atoms with Gasteiger partial charge in [-0.05, 0) is 25.0 Å². The predicted molar refractivity (Wildman–Crippen MR) is 83.3 cm³/mol. The number of anilines is 1. The molecule has 21 heavy (non-hydrogen) atoms. The van der Waals surface area contributed by atoms with Gasteiger partial charge in [0.1, 0.15) is 5.01 Å². The van der Waals surface area contributed by atoms with Crippen LogP contribution in [0.15, 0.2) is 30.5 Å². The number of aromatic nitrogens is 3. The van der Waals surface area contributed by atoms with Gasteiger partial charge in [0.05, 0.1) is 6.04 Å². The number of carbonyl (C=O) groups is 1. The van der Waals surface area contributed by atoms with Gasteiger partial charge >= 0.3 is 0 Å². The molecule has 1 atom stereocenters. The Balaban J connectivity index is 1.70. The van der Waals surface area contributed by atoms with Crippen LogP contribution in [0.1, 0.15) is 10.6 Å². The number of nitrogens with zero attached hydrogens (tertiary/aromatic N) is 2. The fourth-order valence-corrected chi connectivity index (χ4v) is 2.77. The molecule has 0 fully saturated rings. The van der Waals surface area contributed by atoms with E-state index >= 15 is 0 Å². The Morgan fingerprint density at radius 3 is 3.00 bits per heavy atom. The minimum Gasteiger partial charge on any atom is -0.361 e. The first-order chi connectivity index (χ1) is 10.1. The Morgan fingerprint density at radius 1 is 1.43 bits per heavy atom. The Hall–Kier alpha value is -2.25. The molecule has 0 bridgehead atoms. The molecule has 0 aliphatic carbocycles. The van der Waals surface area contributed by atoms with Crippen molar-refractivity contribution in [2.24, 2.45) is 5.73 Å². The molecule has 3 rings (SSSR count). The summed E-state index contributed by atoms with van der Waals surface area (Å²) in [4.78, 5) is 15.3. The van der Waals surface area contributed by atoms with Crippen LogP contribution in [-0.4, -0.2) is 27.1 Å². The minimum atomic E-state index is -0.631. The van der Waals surface area contributed by atoms with E-state index in [1.54, 1.807) is 0 Å². The second kappa shape index (κ2) is 5.63. The average Bonchev–Trinajstić information content (AvgIpc) is 3.06. The molecule has 0 radical (unpaired) electrons. The van der Waals surface area contributed by atoms with Gasteiger partial charge in [0.15, 0.2) is 0 Å². The number of benzene rings is 1. The monoisotopic (exact) mass is 301 g/mol. The van der Waals surface area contributed by atoms with E-state index in [2.05, 4.69) is 20.5 Å². The zero-order chi connectivity index (χ0) is 14.8. The van der Waals surface area contributed by atoms with E-state index in [4.69, 9.17) is 5.73 Å². The largest absolute Gasteiger partial charge is 0.361 e. The summed E-state index contributed by atoms with van der Waals surface area (Å²) in [5.41, 5.74) is 8.06. The fourth-order valence-electron chi connectivity index (χ4n) is 2.18. The number of aromatic amines is 1. The summed E-state index contributed by atoms with van der Waals surface area (Å²) >= 11 is 1.33. The van der Waals surface area contributed by atoms with Crippen LogP contribution in [0.3, 0.4) is 0 Å². The summed E-state index contributed by atoms with van der Waals surface area (Å²) in [7, 11) is 0. The van der Waals surface area contributed by atoms with Crippen molar-refractivity contribution < 1.29 is 4.79 Å². The highest BCUT2D eigenvalue weighted by molar-refractivity contribution is 7.15. The van der Waals surface area contributed by atoms with E-state index < -0.39 is 6.04 Å². The maximum Gasteiger partial charge on any atom is 0.243 e. The summed E-state index contributed by atoms with van der Waals surface area (Å²) in [5.74, 6) is -0.253. The van der Waals surface area contributed by atoms with Crippen LogP contribution in [0.4, 0.5) is 5.13 Å². The molecule has 2 heterocycles. The van der Waals surface area contributed by atoms with Crippen molar-refractivity contribution in [2.45, 2.75) is 19.4 Å². The van der Waals surface area contributed by atoms with Crippen molar-refractivity contribution >= 4 is 33.3 Å². The van der Waals surface area contributed by atoms with Crippen molar-refractivity contribution in [3.63, 3.8) is 0 Å². The molecule has 7 heteroatoms. The lowest BCUT2D eigenvalue weighted by Crippen LogP contribution is -2.37. The maximum absolute atomic E-state index is 12.1. The van der Waals surface area contributed by atoms with Gasteiger partial charge < -0.3 is 10.7 Å². The van der Waals surface area contributed by atoms with E-state index in [0.29, 0.717) is 11.6 Å². The lowest BCUT2D eigenvalue weighted by Gasteiger charge is -2.09. The van der Waals surface area contributed by atoms with Crippen molar-refractivity contribution in [1.82, 2.24) is 15.2 Å². The lowest BCUT2D eigenvalue weighted by atomic mass is 10.1. The number of hydrogen-bond acceptors (Lipinski definition) is 5. The first-order valence-corrected chi connectivity index (χ1v) is 7.36. The quantitative estimate of drug-likeness (QED) is 0.685.